The van der Waals surface area contributed by atoms with Crippen molar-refractivity contribution in [3.8, 4) is 0 Å². The van der Waals surface area contributed by atoms with Gasteiger partial charge in [0.2, 0.25) is 5.82 Å². The number of aromatic nitrogens is 2. The van der Waals surface area contributed by atoms with Crippen LogP contribution < -0.4 is 5.32 Å². The average Bonchev–Trinajstić information content (AvgIpc) is 2.12. The SMILES string of the molecule is C=C(Cl)CNc1cc(Cl)nc(C(F)(F)F)n1. The lowest BCUT2D eigenvalue weighted by molar-refractivity contribution is -0.144. The van der Waals surface area contributed by atoms with Crippen molar-refractivity contribution in [2.24, 2.45) is 0 Å². The molecule has 8 heteroatoms. The zero-order valence-corrected chi connectivity index (χ0v) is 9.29. The van der Waals surface area contributed by atoms with Crippen LogP contribution in [0.2, 0.25) is 5.15 Å². The van der Waals surface area contributed by atoms with Crippen LogP contribution in [-0.2, 0) is 6.18 Å². The molecule has 0 aromatic carbocycles. The van der Waals surface area contributed by atoms with Gasteiger partial charge in [0.05, 0.1) is 6.54 Å². The van der Waals surface area contributed by atoms with Gasteiger partial charge in [0.1, 0.15) is 11.0 Å². The Kier molecular flexibility index (Phi) is 3.98. The van der Waals surface area contributed by atoms with Gasteiger partial charge in [0.25, 0.3) is 0 Å². The first kappa shape index (κ1) is 13.1. The van der Waals surface area contributed by atoms with Gasteiger partial charge in [-0.2, -0.15) is 13.2 Å². The lowest BCUT2D eigenvalue weighted by atomic mass is 10.5. The molecule has 0 saturated heterocycles. The van der Waals surface area contributed by atoms with Crippen molar-refractivity contribution in [2.45, 2.75) is 6.18 Å². The Balaban J connectivity index is 2.94. The fourth-order valence-electron chi connectivity index (χ4n) is 0.821. The number of alkyl halides is 3. The molecular weight excluding hydrogens is 266 g/mol. The minimum atomic E-state index is -4.64. The van der Waals surface area contributed by atoms with Crippen molar-refractivity contribution in [1.29, 1.82) is 0 Å². The van der Waals surface area contributed by atoms with Crippen molar-refractivity contribution in [1.82, 2.24) is 9.97 Å². The summed E-state index contributed by atoms with van der Waals surface area (Å²) in [5.41, 5.74) is 0. The van der Waals surface area contributed by atoms with E-state index in [9.17, 15) is 13.2 Å². The highest BCUT2D eigenvalue weighted by atomic mass is 35.5. The summed E-state index contributed by atoms with van der Waals surface area (Å²) in [6, 6.07) is 1.16. The van der Waals surface area contributed by atoms with Gasteiger partial charge in [-0.1, -0.05) is 29.8 Å². The van der Waals surface area contributed by atoms with Crippen LogP contribution in [0.25, 0.3) is 0 Å². The van der Waals surface area contributed by atoms with Crippen LogP contribution in [0.1, 0.15) is 5.82 Å². The Morgan fingerprint density at radius 3 is 2.56 bits per heavy atom. The van der Waals surface area contributed by atoms with E-state index in [2.05, 4.69) is 21.9 Å². The molecule has 1 N–H and O–H groups in total. The third kappa shape index (κ3) is 3.86. The molecule has 3 nitrogen and oxygen atoms in total. The summed E-state index contributed by atoms with van der Waals surface area (Å²) in [5.74, 6) is -1.36. The molecule has 0 unspecified atom stereocenters. The first-order valence-corrected chi connectivity index (χ1v) is 4.73. The topological polar surface area (TPSA) is 37.8 Å². The largest absolute Gasteiger partial charge is 0.451 e. The van der Waals surface area contributed by atoms with E-state index in [4.69, 9.17) is 23.2 Å². The summed E-state index contributed by atoms with van der Waals surface area (Å²) in [4.78, 5) is 6.31. The molecule has 0 spiro atoms. The quantitative estimate of drug-likeness (QED) is 0.858. The molecule has 1 heterocycles. The molecule has 0 fully saturated rings. The van der Waals surface area contributed by atoms with E-state index in [1.807, 2.05) is 0 Å². The van der Waals surface area contributed by atoms with E-state index in [-0.39, 0.29) is 22.5 Å². The molecule has 1 aromatic rings. The van der Waals surface area contributed by atoms with Gasteiger partial charge >= 0.3 is 6.18 Å². The number of nitrogens with one attached hydrogen (secondary N) is 1. The molecule has 0 aliphatic heterocycles. The Morgan fingerprint density at radius 2 is 2.06 bits per heavy atom. The number of rotatable bonds is 3. The highest BCUT2D eigenvalue weighted by molar-refractivity contribution is 6.30. The Hall–Kier alpha value is -1.01. The van der Waals surface area contributed by atoms with E-state index >= 15 is 0 Å². The fraction of sp³-hybridized carbons (Fsp3) is 0.250. The van der Waals surface area contributed by atoms with Crippen molar-refractivity contribution in [3.05, 3.63) is 28.7 Å². The molecule has 0 aliphatic carbocycles. The van der Waals surface area contributed by atoms with Crippen LogP contribution in [0, 0.1) is 0 Å². The molecule has 0 amide bonds. The van der Waals surface area contributed by atoms with E-state index < -0.39 is 12.0 Å². The summed E-state index contributed by atoms with van der Waals surface area (Å²) in [7, 11) is 0. The van der Waals surface area contributed by atoms with E-state index in [1.165, 1.54) is 0 Å². The predicted molar refractivity (Wildman–Crippen MR) is 55.5 cm³/mol. The molecule has 0 atom stereocenters. The summed E-state index contributed by atoms with van der Waals surface area (Å²) < 4.78 is 36.9. The zero-order valence-electron chi connectivity index (χ0n) is 7.78. The number of nitrogens with zero attached hydrogens (tertiary/aromatic N) is 2. The monoisotopic (exact) mass is 271 g/mol. The van der Waals surface area contributed by atoms with E-state index in [1.54, 1.807) is 0 Å². The molecule has 0 bridgehead atoms. The highest BCUT2D eigenvalue weighted by Gasteiger charge is 2.35. The van der Waals surface area contributed by atoms with Gasteiger partial charge in [-0.25, -0.2) is 9.97 Å². The van der Waals surface area contributed by atoms with Gasteiger partial charge in [-0.15, -0.1) is 0 Å². The maximum atomic E-state index is 12.3. The van der Waals surface area contributed by atoms with Crippen molar-refractivity contribution < 1.29 is 13.2 Å². The van der Waals surface area contributed by atoms with Crippen LogP contribution >= 0.6 is 23.2 Å². The van der Waals surface area contributed by atoms with Crippen LogP contribution in [0.4, 0.5) is 19.0 Å². The molecule has 16 heavy (non-hydrogen) atoms. The number of hydrogen-bond donors (Lipinski definition) is 1. The zero-order chi connectivity index (χ0) is 12.3. The number of hydrogen-bond acceptors (Lipinski definition) is 3. The minimum Gasteiger partial charge on any atom is -0.365 e. The van der Waals surface area contributed by atoms with Crippen LogP contribution in [0.15, 0.2) is 17.7 Å². The van der Waals surface area contributed by atoms with Crippen molar-refractivity contribution in [2.75, 3.05) is 11.9 Å². The Bertz CT molecular complexity index is 406. The molecule has 0 aliphatic rings. The number of anilines is 1. The summed E-state index contributed by atoms with van der Waals surface area (Å²) in [6.45, 7) is 3.46. The summed E-state index contributed by atoms with van der Waals surface area (Å²) >= 11 is 10.9. The predicted octanol–water partition coefficient (Wildman–Crippen LogP) is 3.31. The minimum absolute atomic E-state index is 0.0610. The highest BCUT2D eigenvalue weighted by Crippen LogP contribution is 2.28. The van der Waals surface area contributed by atoms with Gasteiger partial charge in [-0.05, 0) is 0 Å². The van der Waals surface area contributed by atoms with Crippen molar-refractivity contribution >= 4 is 29.0 Å². The maximum Gasteiger partial charge on any atom is 0.451 e. The third-order valence-corrected chi connectivity index (χ3v) is 1.74. The average molecular weight is 272 g/mol. The molecule has 1 aromatic heterocycles. The van der Waals surface area contributed by atoms with Gasteiger partial charge in [0.15, 0.2) is 0 Å². The first-order chi connectivity index (χ1) is 7.29. The second kappa shape index (κ2) is 4.88. The van der Waals surface area contributed by atoms with Gasteiger partial charge in [-0.3, -0.25) is 0 Å². The summed E-state index contributed by atoms with van der Waals surface area (Å²) in [6.07, 6.45) is -4.64. The van der Waals surface area contributed by atoms with Crippen molar-refractivity contribution in [3.63, 3.8) is 0 Å². The fourth-order valence-corrected chi connectivity index (χ4v) is 1.07. The lowest BCUT2D eigenvalue weighted by Gasteiger charge is -2.08. The van der Waals surface area contributed by atoms with Crippen LogP contribution in [-0.4, -0.2) is 16.5 Å². The van der Waals surface area contributed by atoms with Gasteiger partial charge in [0, 0.05) is 11.1 Å². The van der Waals surface area contributed by atoms with E-state index in [0.717, 1.165) is 6.07 Å². The summed E-state index contributed by atoms with van der Waals surface area (Å²) in [5, 5.41) is 2.47. The lowest BCUT2D eigenvalue weighted by Crippen LogP contribution is -2.13. The van der Waals surface area contributed by atoms with Crippen LogP contribution in [0.3, 0.4) is 0 Å². The van der Waals surface area contributed by atoms with E-state index in [0.29, 0.717) is 0 Å². The first-order valence-electron chi connectivity index (χ1n) is 3.98. The smallest absolute Gasteiger partial charge is 0.365 e. The molecule has 0 radical (unpaired) electrons. The second-order valence-corrected chi connectivity index (χ2v) is 3.69. The van der Waals surface area contributed by atoms with Crippen LogP contribution in [0.5, 0.6) is 0 Å². The second-order valence-electron chi connectivity index (χ2n) is 2.77. The third-order valence-electron chi connectivity index (χ3n) is 1.41. The molecule has 1 rings (SSSR count). The number of halogens is 5. The normalized spacial score (nSPS) is 11.3. The Morgan fingerprint density at radius 1 is 1.44 bits per heavy atom. The van der Waals surface area contributed by atoms with Gasteiger partial charge < -0.3 is 5.32 Å². The Labute approximate surface area is 99.3 Å². The molecule has 0 saturated carbocycles. The standard InChI is InChI=1S/C8H6Cl2F3N3/c1-4(9)3-14-6-2-5(10)15-7(16-6)8(11,12)13/h2H,1,3H2,(H,14,15,16). The maximum absolute atomic E-state index is 12.3. The molecule has 88 valence electrons. The molecular formula is C8H6Cl2F3N3.